The van der Waals surface area contributed by atoms with Crippen LogP contribution in [0.25, 0.3) is 5.57 Å². The second-order valence-corrected chi connectivity index (χ2v) is 3.64. The third kappa shape index (κ3) is 1.55. The summed E-state index contributed by atoms with van der Waals surface area (Å²) in [7, 11) is 0. The summed E-state index contributed by atoms with van der Waals surface area (Å²) in [5.41, 5.74) is 0.918. The smallest absolute Gasteiger partial charge is 0.296 e. The first-order valence-corrected chi connectivity index (χ1v) is 4.63. The second kappa shape index (κ2) is 3.29. The molecule has 76 valence electrons. The first-order valence-electron chi connectivity index (χ1n) is 4.63. The number of nitrogens with one attached hydrogen (secondary N) is 1. The van der Waals surface area contributed by atoms with Gasteiger partial charge in [0.2, 0.25) is 0 Å². The largest absolute Gasteiger partial charge is 0.439 e. The van der Waals surface area contributed by atoms with Gasteiger partial charge in [-0.3, -0.25) is 9.51 Å². The van der Waals surface area contributed by atoms with E-state index in [9.17, 15) is 4.79 Å². The summed E-state index contributed by atoms with van der Waals surface area (Å²) in [6.45, 7) is 4.28. The Labute approximate surface area is 82.8 Å². The molecule has 4 heteroatoms. The normalized spacial score (nSPS) is 26.3. The highest BCUT2D eigenvalue weighted by atomic mass is 16.5. The van der Waals surface area contributed by atoms with Crippen LogP contribution in [0.1, 0.15) is 21.1 Å². The third-order valence-electron chi connectivity index (χ3n) is 2.56. The number of aromatic amines is 1. The molecule has 1 aliphatic carbocycles. The minimum absolute atomic E-state index is 0. The highest BCUT2D eigenvalue weighted by Crippen LogP contribution is 2.25. The summed E-state index contributed by atoms with van der Waals surface area (Å²) in [6.07, 6.45) is 6.14. The average Bonchev–Trinajstić information content (AvgIpc) is 2.57. The van der Waals surface area contributed by atoms with E-state index in [1.807, 2.05) is 6.08 Å². The van der Waals surface area contributed by atoms with E-state index in [-0.39, 0.29) is 1.43 Å². The molecule has 1 aliphatic rings. The summed E-state index contributed by atoms with van der Waals surface area (Å²) in [5.74, 6) is 0.971. The molecule has 0 radical (unpaired) electrons. The van der Waals surface area contributed by atoms with E-state index in [0.29, 0.717) is 17.7 Å². The van der Waals surface area contributed by atoms with E-state index < -0.39 is 5.76 Å². The Hall–Kier alpha value is -1.58. The zero-order valence-corrected chi connectivity index (χ0v) is 8.15. The van der Waals surface area contributed by atoms with Gasteiger partial charge in [-0.05, 0) is 11.8 Å². The number of nitrogens with zero attached hydrogens (tertiary/aromatic N) is 1. The highest BCUT2D eigenvalue weighted by Gasteiger charge is 2.15. The van der Waals surface area contributed by atoms with Crippen LogP contribution in [0.4, 0.5) is 0 Å². The molecule has 0 fully saturated rings. The highest BCUT2D eigenvalue weighted by molar-refractivity contribution is 5.70. The van der Waals surface area contributed by atoms with Crippen LogP contribution < -0.4 is 5.76 Å². The molecular weight excluding hydrogens is 180 g/mol. The van der Waals surface area contributed by atoms with Crippen LogP contribution >= 0.6 is 0 Å². The number of aromatic nitrogens is 2. The molecular formula is C10H14N2O2. The predicted molar refractivity (Wildman–Crippen MR) is 54.7 cm³/mol. The molecule has 2 rings (SSSR count). The number of rotatable bonds is 1. The van der Waals surface area contributed by atoms with E-state index in [1.54, 1.807) is 0 Å². The monoisotopic (exact) mass is 194 g/mol. The van der Waals surface area contributed by atoms with E-state index in [0.717, 1.165) is 5.57 Å². The molecule has 0 spiro atoms. The summed E-state index contributed by atoms with van der Waals surface area (Å²) >= 11 is 0. The van der Waals surface area contributed by atoms with Crippen LogP contribution in [0.3, 0.4) is 0 Å². The summed E-state index contributed by atoms with van der Waals surface area (Å²) < 4.78 is 4.44. The third-order valence-corrected chi connectivity index (χ3v) is 2.56. The Balaban J connectivity index is 0.00000112. The molecule has 2 unspecified atom stereocenters. The number of H-pyrrole nitrogens is 1. The average molecular weight is 194 g/mol. The first-order chi connectivity index (χ1) is 6.66. The minimum Gasteiger partial charge on any atom is -0.296 e. The maximum atomic E-state index is 10.7. The van der Waals surface area contributed by atoms with Crippen LogP contribution in [0.5, 0.6) is 0 Å². The van der Waals surface area contributed by atoms with Gasteiger partial charge in [0, 0.05) is 7.00 Å². The van der Waals surface area contributed by atoms with Crippen molar-refractivity contribution in [2.24, 2.45) is 11.8 Å². The SMILES string of the molecule is CC1C=CC(c2noc(=O)[nH]2)=CC1C.[HH]. The van der Waals surface area contributed by atoms with Gasteiger partial charge >= 0.3 is 5.76 Å². The van der Waals surface area contributed by atoms with Gasteiger partial charge in [0.25, 0.3) is 0 Å². The maximum Gasteiger partial charge on any atom is 0.439 e. The molecule has 1 aromatic rings. The maximum absolute atomic E-state index is 10.7. The predicted octanol–water partition coefficient (Wildman–Crippen LogP) is 1.83. The number of hydrogen-bond acceptors (Lipinski definition) is 3. The van der Waals surface area contributed by atoms with Crippen molar-refractivity contribution in [3.05, 3.63) is 34.6 Å². The lowest BCUT2D eigenvalue weighted by molar-refractivity contribution is 0.385. The van der Waals surface area contributed by atoms with Gasteiger partial charge in [-0.1, -0.05) is 37.2 Å². The molecule has 1 aromatic heterocycles. The fourth-order valence-corrected chi connectivity index (χ4v) is 1.43. The zero-order chi connectivity index (χ0) is 10.1. The Morgan fingerprint density at radius 2 is 2.29 bits per heavy atom. The lowest BCUT2D eigenvalue weighted by atomic mass is 9.88. The fraction of sp³-hybridized carbons (Fsp3) is 0.400. The van der Waals surface area contributed by atoms with Gasteiger partial charge in [-0.15, -0.1) is 0 Å². The van der Waals surface area contributed by atoms with E-state index in [2.05, 4.69) is 40.7 Å². The molecule has 0 amide bonds. The van der Waals surface area contributed by atoms with Crippen LogP contribution in [-0.2, 0) is 0 Å². The van der Waals surface area contributed by atoms with Crippen molar-refractivity contribution in [1.29, 1.82) is 0 Å². The molecule has 4 nitrogen and oxygen atoms in total. The molecule has 0 aliphatic heterocycles. The van der Waals surface area contributed by atoms with Gasteiger partial charge in [-0.2, -0.15) is 0 Å². The Kier molecular flexibility index (Phi) is 2.11. The van der Waals surface area contributed by atoms with Gasteiger partial charge in [0.15, 0.2) is 5.82 Å². The second-order valence-electron chi connectivity index (χ2n) is 3.64. The van der Waals surface area contributed by atoms with Crippen LogP contribution in [-0.4, -0.2) is 10.1 Å². The van der Waals surface area contributed by atoms with Crippen LogP contribution in [0, 0.1) is 11.8 Å². The first kappa shape index (κ1) is 8.99. The zero-order valence-electron chi connectivity index (χ0n) is 8.15. The van der Waals surface area contributed by atoms with Crippen molar-refractivity contribution in [2.75, 3.05) is 0 Å². The van der Waals surface area contributed by atoms with E-state index >= 15 is 0 Å². The Bertz CT molecular complexity index is 444. The van der Waals surface area contributed by atoms with Gasteiger partial charge < -0.3 is 0 Å². The lowest BCUT2D eigenvalue weighted by Crippen LogP contribution is -2.07. The van der Waals surface area contributed by atoms with Gasteiger partial charge in [0.05, 0.1) is 0 Å². The van der Waals surface area contributed by atoms with Gasteiger partial charge in [-0.25, -0.2) is 4.79 Å². The van der Waals surface area contributed by atoms with Crippen molar-refractivity contribution in [3.63, 3.8) is 0 Å². The summed E-state index contributed by atoms with van der Waals surface area (Å²) in [5, 5.41) is 3.64. The minimum atomic E-state index is -0.513. The topological polar surface area (TPSA) is 58.9 Å². The fourth-order valence-electron chi connectivity index (χ4n) is 1.43. The lowest BCUT2D eigenvalue weighted by Gasteiger charge is -2.17. The van der Waals surface area contributed by atoms with Crippen molar-refractivity contribution < 1.29 is 5.95 Å². The quantitative estimate of drug-likeness (QED) is 0.742. The van der Waals surface area contributed by atoms with Crippen molar-refractivity contribution >= 4 is 5.57 Å². The summed E-state index contributed by atoms with van der Waals surface area (Å²) in [6, 6.07) is 0. The molecule has 0 saturated carbocycles. The van der Waals surface area contributed by atoms with E-state index in [1.165, 1.54) is 0 Å². The number of allylic oxidation sites excluding steroid dienone is 4. The molecule has 1 heterocycles. The molecule has 0 bridgehead atoms. The molecule has 1 N–H and O–H groups in total. The molecule has 0 aromatic carbocycles. The summed E-state index contributed by atoms with van der Waals surface area (Å²) in [4.78, 5) is 13.3. The number of hydrogen-bond donors (Lipinski definition) is 1. The van der Waals surface area contributed by atoms with Crippen molar-refractivity contribution in [3.8, 4) is 0 Å². The standard InChI is InChI=1S/C10H12N2O2.H2/c1-6-3-4-8(5-7(6)2)9-11-10(13)14-12-9;/h3-7H,1-2H3,(H,11,12,13);1H. The van der Waals surface area contributed by atoms with Crippen LogP contribution in [0.15, 0.2) is 27.5 Å². The Morgan fingerprint density at radius 3 is 2.86 bits per heavy atom. The molecule has 0 saturated heterocycles. The molecule has 14 heavy (non-hydrogen) atoms. The molecule has 2 atom stereocenters. The van der Waals surface area contributed by atoms with E-state index in [4.69, 9.17) is 0 Å². The van der Waals surface area contributed by atoms with Crippen LogP contribution in [0.2, 0.25) is 0 Å². The Morgan fingerprint density at radius 1 is 1.50 bits per heavy atom. The van der Waals surface area contributed by atoms with Gasteiger partial charge in [0.1, 0.15) is 0 Å². The van der Waals surface area contributed by atoms with Crippen molar-refractivity contribution in [1.82, 2.24) is 10.1 Å². The van der Waals surface area contributed by atoms with Crippen molar-refractivity contribution in [2.45, 2.75) is 13.8 Å².